The summed E-state index contributed by atoms with van der Waals surface area (Å²) in [6.45, 7) is 8.12. The summed E-state index contributed by atoms with van der Waals surface area (Å²) in [5, 5.41) is 8.10. The SMILES string of the molecule is COc1cccc2c1c(NS(=O)(=O)c1cccc(Cl)c1Cl)nn2Cc1cccc(CNC(=O)[C@]2(C)CCCN2C(=O)OC(C)(C)C)c1. The molecule has 1 aliphatic rings. The number of hydrogen-bond donors (Lipinski definition) is 2. The van der Waals surface area contributed by atoms with Gasteiger partial charge in [-0.25, -0.2) is 13.2 Å². The fraction of sp³-hybridized carbons (Fsp3) is 0.364. The molecule has 1 fully saturated rings. The van der Waals surface area contributed by atoms with E-state index in [1.54, 1.807) is 44.5 Å². The molecular formula is C33H37Cl2N5O6S. The minimum Gasteiger partial charge on any atom is -0.496 e. The lowest BCUT2D eigenvalue weighted by molar-refractivity contribution is -0.131. The van der Waals surface area contributed by atoms with Crippen LogP contribution in [-0.4, -0.2) is 59.9 Å². The molecule has 0 unspecified atom stereocenters. The molecule has 0 bridgehead atoms. The molecule has 0 saturated carbocycles. The minimum atomic E-state index is -4.17. The predicted octanol–water partition coefficient (Wildman–Crippen LogP) is 6.61. The number of methoxy groups -OCH3 is 1. The van der Waals surface area contributed by atoms with Gasteiger partial charge in [0.1, 0.15) is 21.8 Å². The molecule has 5 rings (SSSR count). The molecule has 47 heavy (non-hydrogen) atoms. The number of sulfonamides is 1. The van der Waals surface area contributed by atoms with Crippen LogP contribution in [0.15, 0.2) is 65.6 Å². The van der Waals surface area contributed by atoms with Crippen LogP contribution in [0.5, 0.6) is 5.75 Å². The molecule has 2 heterocycles. The summed E-state index contributed by atoms with van der Waals surface area (Å²) in [6.07, 6.45) is 0.727. The normalized spacial score (nSPS) is 16.7. The Morgan fingerprint density at radius 1 is 1.04 bits per heavy atom. The average molecular weight is 703 g/mol. The quantitative estimate of drug-likeness (QED) is 0.201. The highest BCUT2D eigenvalue weighted by Crippen LogP contribution is 2.36. The first-order valence-corrected chi connectivity index (χ1v) is 17.2. The maximum Gasteiger partial charge on any atom is 0.411 e. The van der Waals surface area contributed by atoms with Crippen molar-refractivity contribution in [1.82, 2.24) is 20.0 Å². The van der Waals surface area contributed by atoms with Crippen LogP contribution < -0.4 is 14.8 Å². The molecule has 250 valence electrons. The van der Waals surface area contributed by atoms with Crippen molar-refractivity contribution in [3.63, 3.8) is 0 Å². The highest BCUT2D eigenvalue weighted by atomic mass is 35.5. The number of ether oxygens (including phenoxy) is 2. The van der Waals surface area contributed by atoms with E-state index in [0.717, 1.165) is 11.1 Å². The molecule has 1 atom stereocenters. The number of hydrogen-bond acceptors (Lipinski definition) is 7. The van der Waals surface area contributed by atoms with Crippen LogP contribution >= 0.6 is 23.2 Å². The number of nitrogens with zero attached hydrogens (tertiary/aromatic N) is 3. The van der Waals surface area contributed by atoms with Crippen LogP contribution in [0.3, 0.4) is 0 Å². The van der Waals surface area contributed by atoms with Crippen molar-refractivity contribution in [2.24, 2.45) is 0 Å². The Labute approximate surface area is 284 Å². The summed E-state index contributed by atoms with van der Waals surface area (Å²) in [5.41, 5.74) is 0.642. The van der Waals surface area contributed by atoms with Crippen molar-refractivity contribution < 1.29 is 27.5 Å². The summed E-state index contributed by atoms with van der Waals surface area (Å²) in [7, 11) is -2.67. The zero-order valence-corrected chi connectivity index (χ0v) is 29.1. The molecule has 0 spiro atoms. The molecule has 1 aliphatic heterocycles. The van der Waals surface area contributed by atoms with Gasteiger partial charge in [0.2, 0.25) is 5.91 Å². The van der Waals surface area contributed by atoms with Gasteiger partial charge >= 0.3 is 6.09 Å². The Morgan fingerprint density at radius 3 is 2.47 bits per heavy atom. The zero-order valence-electron chi connectivity index (χ0n) is 26.8. The number of fused-ring (bicyclic) bond motifs is 1. The van der Waals surface area contributed by atoms with E-state index in [9.17, 15) is 18.0 Å². The molecule has 1 aromatic heterocycles. The van der Waals surface area contributed by atoms with E-state index >= 15 is 0 Å². The molecule has 0 aliphatic carbocycles. The van der Waals surface area contributed by atoms with Crippen LogP contribution in [0, 0.1) is 0 Å². The molecule has 2 N–H and O–H groups in total. The van der Waals surface area contributed by atoms with Gasteiger partial charge in [-0.3, -0.25) is 19.1 Å². The second-order valence-electron chi connectivity index (χ2n) is 12.5. The van der Waals surface area contributed by atoms with Crippen LogP contribution in [0.1, 0.15) is 51.7 Å². The third-order valence-electron chi connectivity index (χ3n) is 7.92. The van der Waals surface area contributed by atoms with Gasteiger partial charge < -0.3 is 14.8 Å². The molecule has 4 aromatic rings. The van der Waals surface area contributed by atoms with Crippen LogP contribution in [-0.2, 0) is 32.6 Å². The number of benzene rings is 3. The summed E-state index contributed by atoms with van der Waals surface area (Å²) >= 11 is 12.3. The molecule has 3 aromatic carbocycles. The van der Waals surface area contributed by atoms with Crippen molar-refractivity contribution in [3.05, 3.63) is 81.8 Å². The number of carbonyl (C=O) groups is 2. The van der Waals surface area contributed by atoms with E-state index in [1.807, 2.05) is 30.3 Å². The van der Waals surface area contributed by atoms with E-state index in [0.29, 0.717) is 36.0 Å². The van der Waals surface area contributed by atoms with E-state index in [1.165, 1.54) is 30.2 Å². The molecular weight excluding hydrogens is 665 g/mol. The molecule has 1 saturated heterocycles. The number of anilines is 1. The summed E-state index contributed by atoms with van der Waals surface area (Å²) in [5.74, 6) is 0.241. The Bertz CT molecular complexity index is 1940. The third-order valence-corrected chi connectivity index (χ3v) is 10.2. The molecule has 2 amide bonds. The Morgan fingerprint density at radius 2 is 1.74 bits per heavy atom. The first-order valence-electron chi connectivity index (χ1n) is 15.0. The lowest BCUT2D eigenvalue weighted by atomic mass is 9.97. The fourth-order valence-electron chi connectivity index (χ4n) is 5.63. The van der Waals surface area contributed by atoms with Gasteiger partial charge in [-0.15, -0.1) is 0 Å². The topological polar surface area (TPSA) is 132 Å². The highest BCUT2D eigenvalue weighted by Gasteiger charge is 2.47. The van der Waals surface area contributed by atoms with E-state index in [4.69, 9.17) is 32.7 Å². The molecule has 11 nitrogen and oxygen atoms in total. The van der Waals surface area contributed by atoms with Gasteiger partial charge in [0, 0.05) is 13.1 Å². The number of aromatic nitrogens is 2. The number of rotatable bonds is 9. The van der Waals surface area contributed by atoms with Crippen LogP contribution in [0.4, 0.5) is 10.6 Å². The monoisotopic (exact) mass is 701 g/mol. The van der Waals surface area contributed by atoms with E-state index in [-0.39, 0.29) is 39.8 Å². The lowest BCUT2D eigenvalue weighted by Crippen LogP contribution is -2.56. The van der Waals surface area contributed by atoms with Gasteiger partial charge in [0.15, 0.2) is 5.82 Å². The van der Waals surface area contributed by atoms with Crippen molar-refractivity contribution in [2.45, 2.75) is 69.7 Å². The van der Waals surface area contributed by atoms with Crippen molar-refractivity contribution in [2.75, 3.05) is 18.4 Å². The first kappa shape index (κ1) is 34.3. The Balaban J connectivity index is 1.36. The summed E-state index contributed by atoms with van der Waals surface area (Å²) < 4.78 is 42.1. The Kier molecular flexibility index (Phi) is 9.68. The minimum absolute atomic E-state index is 0.0660. The fourth-order valence-corrected chi connectivity index (χ4v) is 7.40. The number of likely N-dealkylation sites (tertiary alicyclic amines) is 1. The number of amides is 2. The van der Waals surface area contributed by atoms with E-state index in [2.05, 4.69) is 15.1 Å². The zero-order chi connectivity index (χ0) is 34.1. The number of nitrogens with one attached hydrogen (secondary N) is 2. The summed E-state index contributed by atoms with van der Waals surface area (Å²) in [4.78, 5) is 27.6. The second-order valence-corrected chi connectivity index (χ2v) is 15.0. The lowest BCUT2D eigenvalue weighted by Gasteiger charge is -2.35. The molecule has 14 heteroatoms. The third kappa shape index (κ3) is 7.29. The van der Waals surface area contributed by atoms with Crippen molar-refractivity contribution >= 4 is 61.9 Å². The maximum atomic E-state index is 13.4. The van der Waals surface area contributed by atoms with Crippen LogP contribution in [0.25, 0.3) is 10.9 Å². The summed E-state index contributed by atoms with van der Waals surface area (Å²) in [6, 6.07) is 17.3. The highest BCUT2D eigenvalue weighted by molar-refractivity contribution is 7.92. The first-order chi connectivity index (χ1) is 22.1. The average Bonchev–Trinajstić information content (AvgIpc) is 3.57. The predicted molar refractivity (Wildman–Crippen MR) is 182 cm³/mol. The van der Waals surface area contributed by atoms with Gasteiger partial charge in [0.05, 0.1) is 34.6 Å². The van der Waals surface area contributed by atoms with E-state index < -0.39 is 27.3 Å². The van der Waals surface area contributed by atoms with Gasteiger partial charge in [-0.05, 0) is 75.9 Å². The van der Waals surface area contributed by atoms with Gasteiger partial charge in [-0.1, -0.05) is 59.6 Å². The van der Waals surface area contributed by atoms with Crippen molar-refractivity contribution in [3.8, 4) is 5.75 Å². The largest absolute Gasteiger partial charge is 0.496 e. The smallest absolute Gasteiger partial charge is 0.411 e. The van der Waals surface area contributed by atoms with Gasteiger partial charge in [-0.2, -0.15) is 5.10 Å². The maximum absolute atomic E-state index is 13.4. The molecule has 0 radical (unpaired) electrons. The number of halogens is 2. The van der Waals surface area contributed by atoms with Gasteiger partial charge in [0.25, 0.3) is 10.0 Å². The Hall–Kier alpha value is -4.00. The standard InChI is InChI=1S/C33H37Cl2N5O6S/c1-32(2,3)46-31(42)39-17-9-16-33(39,4)30(41)36-19-21-10-6-11-22(18-21)20-40-24-13-8-14-25(45-5)27(24)29(37-40)38-47(43,44)26-15-7-12-23(34)28(26)35/h6-8,10-15,18H,9,16-17,19-20H2,1-5H3,(H,36,41)(H,37,38)/t33-/m0/s1. The number of carbonyl (C=O) groups excluding carboxylic acids is 2. The second kappa shape index (κ2) is 13.2. The van der Waals surface area contributed by atoms with Crippen LogP contribution in [0.2, 0.25) is 10.0 Å². The van der Waals surface area contributed by atoms with Crippen molar-refractivity contribution in [1.29, 1.82) is 0 Å².